The molecule has 2 atom stereocenters. The maximum Gasteiger partial charge on any atom is 0.223 e. The molecule has 3 rings (SSSR count). The largest absolute Gasteiger partial charge is 0.389 e. The van der Waals surface area contributed by atoms with E-state index < -0.39 is 6.10 Å². The molecule has 0 radical (unpaired) electrons. The number of nitriles is 1. The van der Waals surface area contributed by atoms with Crippen molar-refractivity contribution in [2.24, 2.45) is 0 Å². The summed E-state index contributed by atoms with van der Waals surface area (Å²) in [6, 6.07) is 7.82. The van der Waals surface area contributed by atoms with Crippen molar-refractivity contribution < 1.29 is 9.90 Å². The van der Waals surface area contributed by atoms with E-state index in [1.165, 1.54) is 0 Å². The molecule has 5 heteroatoms. The van der Waals surface area contributed by atoms with E-state index in [2.05, 4.69) is 11.0 Å². The molecule has 1 N–H and O–H groups in total. The lowest BCUT2D eigenvalue weighted by Gasteiger charge is -2.40. The predicted molar refractivity (Wildman–Crippen MR) is 78.7 cm³/mol. The average molecular weight is 285 g/mol. The molecule has 0 aromatic heterocycles. The van der Waals surface area contributed by atoms with Gasteiger partial charge in [-0.05, 0) is 25.5 Å². The van der Waals surface area contributed by atoms with Gasteiger partial charge in [0.15, 0.2) is 0 Å². The molecule has 2 heterocycles. The normalized spacial score (nSPS) is 22.9. The fourth-order valence-electron chi connectivity index (χ4n) is 3.32. The molecule has 110 valence electrons. The molecule has 2 aliphatic rings. The lowest BCUT2D eigenvalue weighted by Crippen LogP contribution is -2.51. The van der Waals surface area contributed by atoms with Crippen LogP contribution in [0.15, 0.2) is 18.2 Å². The molecule has 1 aromatic rings. The molecular formula is C16H19N3O2. The quantitative estimate of drug-likeness (QED) is 0.892. The summed E-state index contributed by atoms with van der Waals surface area (Å²) in [6.07, 6.45) is 0.966. The van der Waals surface area contributed by atoms with Gasteiger partial charge in [0.25, 0.3) is 0 Å². The van der Waals surface area contributed by atoms with E-state index in [4.69, 9.17) is 5.26 Å². The number of piperazine rings is 1. The summed E-state index contributed by atoms with van der Waals surface area (Å²) < 4.78 is 0. The Morgan fingerprint density at radius 3 is 2.95 bits per heavy atom. The molecule has 0 aliphatic carbocycles. The summed E-state index contributed by atoms with van der Waals surface area (Å²) in [5.41, 5.74) is 2.36. The number of benzene rings is 1. The van der Waals surface area contributed by atoms with Crippen LogP contribution in [0.25, 0.3) is 0 Å². The first kappa shape index (κ1) is 13.9. The van der Waals surface area contributed by atoms with Crippen LogP contribution in [0.4, 0.5) is 5.69 Å². The van der Waals surface area contributed by atoms with Gasteiger partial charge in [-0.1, -0.05) is 6.07 Å². The fourth-order valence-corrected chi connectivity index (χ4v) is 3.32. The molecule has 1 aromatic carbocycles. The maximum atomic E-state index is 11.8. The number of amides is 1. The van der Waals surface area contributed by atoms with Crippen molar-refractivity contribution in [3.8, 4) is 6.07 Å². The van der Waals surface area contributed by atoms with Crippen LogP contribution in [0.1, 0.15) is 37.0 Å². The van der Waals surface area contributed by atoms with Crippen LogP contribution in [0.2, 0.25) is 0 Å². The minimum Gasteiger partial charge on any atom is -0.389 e. The first-order valence-corrected chi connectivity index (χ1v) is 7.36. The van der Waals surface area contributed by atoms with E-state index >= 15 is 0 Å². The number of carbonyl (C=O) groups is 1. The fraction of sp³-hybridized carbons (Fsp3) is 0.500. The van der Waals surface area contributed by atoms with Crippen molar-refractivity contribution in [2.75, 3.05) is 24.5 Å². The van der Waals surface area contributed by atoms with E-state index in [0.717, 1.165) is 37.3 Å². The van der Waals surface area contributed by atoms with Crippen LogP contribution >= 0.6 is 0 Å². The van der Waals surface area contributed by atoms with Crippen LogP contribution in [0, 0.1) is 11.3 Å². The number of rotatable bonds is 2. The highest BCUT2D eigenvalue weighted by Crippen LogP contribution is 2.31. The summed E-state index contributed by atoms with van der Waals surface area (Å²) in [5, 5.41) is 19.0. The second kappa shape index (κ2) is 5.38. The minimum atomic E-state index is -0.573. The van der Waals surface area contributed by atoms with Crippen molar-refractivity contribution in [1.29, 1.82) is 5.26 Å². The summed E-state index contributed by atoms with van der Waals surface area (Å²) in [7, 11) is 0. The zero-order valence-corrected chi connectivity index (χ0v) is 12.1. The Hall–Kier alpha value is -2.06. The molecule has 5 nitrogen and oxygen atoms in total. The van der Waals surface area contributed by atoms with E-state index in [0.29, 0.717) is 12.0 Å². The molecule has 2 unspecified atom stereocenters. The smallest absolute Gasteiger partial charge is 0.223 e. The molecule has 0 saturated carbocycles. The van der Waals surface area contributed by atoms with Gasteiger partial charge < -0.3 is 14.9 Å². The average Bonchev–Trinajstić information content (AvgIpc) is 2.87. The highest BCUT2D eigenvalue weighted by Gasteiger charge is 2.36. The topological polar surface area (TPSA) is 67.6 Å². The van der Waals surface area contributed by atoms with Crippen molar-refractivity contribution in [1.82, 2.24) is 4.90 Å². The zero-order valence-electron chi connectivity index (χ0n) is 12.1. The van der Waals surface area contributed by atoms with Crippen LogP contribution in [-0.2, 0) is 4.79 Å². The van der Waals surface area contributed by atoms with Gasteiger partial charge in [0.1, 0.15) is 0 Å². The number of aliphatic hydroxyl groups is 1. The first-order valence-electron chi connectivity index (χ1n) is 7.36. The lowest BCUT2D eigenvalue weighted by molar-refractivity contribution is -0.129. The molecule has 2 fully saturated rings. The zero-order chi connectivity index (χ0) is 15.0. The Bertz CT molecular complexity index is 606. The third-order valence-electron chi connectivity index (χ3n) is 4.44. The number of aliphatic hydroxyl groups excluding tert-OH is 1. The van der Waals surface area contributed by atoms with Crippen molar-refractivity contribution >= 4 is 11.6 Å². The van der Waals surface area contributed by atoms with Gasteiger partial charge in [-0.3, -0.25) is 4.79 Å². The first-order chi connectivity index (χ1) is 10.1. The second-order valence-electron chi connectivity index (χ2n) is 5.79. The molecule has 0 spiro atoms. The highest BCUT2D eigenvalue weighted by atomic mass is 16.3. The van der Waals surface area contributed by atoms with Crippen LogP contribution in [0.3, 0.4) is 0 Å². The standard InChI is InChI=1S/C16H19N3O2/c1-11(20)14-4-2-12(9-17)8-15(14)18-6-7-19-13(10-18)3-5-16(19)21/h2,4,8,11,13,20H,3,5-7,10H2,1H3. The number of anilines is 1. The SMILES string of the molecule is CC(O)c1ccc(C#N)cc1N1CCN2C(=O)CCC2C1. The van der Waals surface area contributed by atoms with Crippen molar-refractivity contribution in [3.63, 3.8) is 0 Å². The van der Waals surface area contributed by atoms with E-state index in [1.807, 2.05) is 17.0 Å². The van der Waals surface area contributed by atoms with E-state index in [1.54, 1.807) is 13.0 Å². The van der Waals surface area contributed by atoms with E-state index in [-0.39, 0.29) is 11.9 Å². The van der Waals surface area contributed by atoms with Crippen LogP contribution in [-0.4, -0.2) is 41.6 Å². The van der Waals surface area contributed by atoms with Gasteiger partial charge in [-0.2, -0.15) is 5.26 Å². The van der Waals surface area contributed by atoms with Gasteiger partial charge in [0, 0.05) is 43.3 Å². The summed E-state index contributed by atoms with van der Waals surface area (Å²) in [5.74, 6) is 0.251. The highest BCUT2D eigenvalue weighted by molar-refractivity contribution is 5.79. The van der Waals surface area contributed by atoms with Gasteiger partial charge in [0.05, 0.1) is 17.7 Å². The summed E-state index contributed by atoms with van der Waals surface area (Å²) in [6.45, 7) is 3.98. The Balaban J connectivity index is 1.90. The van der Waals surface area contributed by atoms with Crippen LogP contribution in [0.5, 0.6) is 0 Å². The van der Waals surface area contributed by atoms with Crippen molar-refractivity contribution in [2.45, 2.75) is 31.9 Å². The lowest BCUT2D eigenvalue weighted by atomic mass is 10.0. The third kappa shape index (κ3) is 2.47. The number of hydrogen-bond donors (Lipinski definition) is 1. The third-order valence-corrected chi connectivity index (χ3v) is 4.44. The Labute approximate surface area is 124 Å². The second-order valence-corrected chi connectivity index (χ2v) is 5.79. The number of hydrogen-bond acceptors (Lipinski definition) is 4. The van der Waals surface area contributed by atoms with Crippen LogP contribution < -0.4 is 4.90 Å². The summed E-state index contributed by atoms with van der Waals surface area (Å²) >= 11 is 0. The monoisotopic (exact) mass is 285 g/mol. The molecule has 1 amide bonds. The van der Waals surface area contributed by atoms with Gasteiger partial charge in [0.2, 0.25) is 5.91 Å². The molecule has 2 aliphatic heterocycles. The Morgan fingerprint density at radius 2 is 2.24 bits per heavy atom. The number of nitrogens with zero attached hydrogens (tertiary/aromatic N) is 3. The Morgan fingerprint density at radius 1 is 1.43 bits per heavy atom. The Kier molecular flexibility index (Phi) is 3.56. The minimum absolute atomic E-state index is 0.251. The predicted octanol–water partition coefficient (Wildman–Crippen LogP) is 1.42. The van der Waals surface area contributed by atoms with Gasteiger partial charge >= 0.3 is 0 Å². The van der Waals surface area contributed by atoms with Crippen molar-refractivity contribution in [3.05, 3.63) is 29.3 Å². The number of carbonyl (C=O) groups excluding carboxylic acids is 1. The molecule has 21 heavy (non-hydrogen) atoms. The number of fused-ring (bicyclic) bond motifs is 1. The van der Waals surface area contributed by atoms with Gasteiger partial charge in [-0.25, -0.2) is 0 Å². The maximum absolute atomic E-state index is 11.8. The van der Waals surface area contributed by atoms with E-state index in [9.17, 15) is 9.90 Å². The molecule has 0 bridgehead atoms. The summed E-state index contributed by atoms with van der Waals surface area (Å²) in [4.78, 5) is 15.9. The molecular weight excluding hydrogens is 266 g/mol. The molecule has 2 saturated heterocycles. The van der Waals surface area contributed by atoms with Gasteiger partial charge in [-0.15, -0.1) is 0 Å².